The summed E-state index contributed by atoms with van der Waals surface area (Å²) in [6.07, 6.45) is 3.39. The van der Waals surface area contributed by atoms with Crippen molar-refractivity contribution in [3.8, 4) is 5.75 Å². The van der Waals surface area contributed by atoms with Crippen LogP contribution in [0.25, 0.3) is 5.76 Å². The normalized spacial score (nSPS) is 16.3. The first kappa shape index (κ1) is 29.7. The summed E-state index contributed by atoms with van der Waals surface area (Å²) >= 11 is 0.961. The van der Waals surface area contributed by atoms with Crippen molar-refractivity contribution >= 4 is 39.9 Å². The summed E-state index contributed by atoms with van der Waals surface area (Å²) in [4.78, 5) is 45.6. The van der Waals surface area contributed by atoms with Crippen LogP contribution in [0.4, 0.5) is 5.13 Å². The SMILES string of the molecule is C=CCOC(=O)c1sc(N2C(=O)C(=O)C(=C(O)c3ccc(OCCCC)cc3)[C@H]2c2ccc(C(C)C)cc2)nc1C. The summed E-state index contributed by atoms with van der Waals surface area (Å²) in [7, 11) is 0. The average molecular weight is 575 g/mol. The number of benzene rings is 2. The number of aromatic nitrogens is 1. The molecular formula is C32H34N2O6S. The van der Waals surface area contributed by atoms with Gasteiger partial charge in [-0.05, 0) is 54.7 Å². The van der Waals surface area contributed by atoms with Gasteiger partial charge in [0.15, 0.2) is 5.13 Å². The number of hydrogen-bond donors (Lipinski definition) is 1. The van der Waals surface area contributed by atoms with E-state index in [1.165, 1.54) is 11.0 Å². The van der Waals surface area contributed by atoms with Crippen LogP contribution in [0.3, 0.4) is 0 Å². The molecular weight excluding hydrogens is 540 g/mol. The number of carbonyl (C=O) groups is 3. The lowest BCUT2D eigenvalue weighted by Crippen LogP contribution is -2.29. The third-order valence-corrected chi connectivity index (χ3v) is 7.90. The summed E-state index contributed by atoms with van der Waals surface area (Å²) in [6, 6.07) is 13.4. The molecule has 0 aliphatic carbocycles. The van der Waals surface area contributed by atoms with Gasteiger partial charge in [-0.3, -0.25) is 14.5 Å². The first-order valence-electron chi connectivity index (χ1n) is 13.6. The molecule has 0 saturated carbocycles. The highest BCUT2D eigenvalue weighted by atomic mass is 32.1. The molecule has 2 heterocycles. The van der Waals surface area contributed by atoms with Crippen LogP contribution in [0.2, 0.25) is 0 Å². The van der Waals surface area contributed by atoms with E-state index < -0.39 is 23.7 Å². The van der Waals surface area contributed by atoms with Crippen LogP contribution in [-0.2, 0) is 14.3 Å². The first-order chi connectivity index (χ1) is 19.7. The molecule has 1 N–H and O–H groups in total. The molecule has 1 aromatic heterocycles. The molecule has 41 heavy (non-hydrogen) atoms. The highest BCUT2D eigenvalue weighted by Crippen LogP contribution is 2.44. The fourth-order valence-corrected chi connectivity index (χ4v) is 5.47. The maximum absolute atomic E-state index is 13.5. The number of unbranched alkanes of at least 4 members (excludes halogenated alkanes) is 1. The number of anilines is 1. The summed E-state index contributed by atoms with van der Waals surface area (Å²) < 4.78 is 10.9. The highest BCUT2D eigenvalue weighted by molar-refractivity contribution is 7.17. The number of rotatable bonds is 11. The molecule has 1 amide bonds. The lowest BCUT2D eigenvalue weighted by molar-refractivity contribution is -0.132. The van der Waals surface area contributed by atoms with Gasteiger partial charge in [0.05, 0.1) is 23.9 Å². The maximum atomic E-state index is 13.5. The minimum Gasteiger partial charge on any atom is -0.507 e. The Labute approximate surface area is 243 Å². The summed E-state index contributed by atoms with van der Waals surface area (Å²) in [5, 5.41) is 11.6. The van der Waals surface area contributed by atoms with Crippen molar-refractivity contribution in [1.29, 1.82) is 0 Å². The number of aliphatic hydroxyl groups excluding tert-OH is 1. The van der Waals surface area contributed by atoms with Crippen molar-refractivity contribution < 1.29 is 29.0 Å². The van der Waals surface area contributed by atoms with Crippen LogP contribution < -0.4 is 9.64 Å². The molecule has 2 aromatic carbocycles. The number of aryl methyl sites for hydroxylation is 1. The van der Waals surface area contributed by atoms with Crippen molar-refractivity contribution in [3.05, 3.63) is 94.0 Å². The molecule has 1 aliphatic heterocycles. The number of ether oxygens (including phenoxy) is 2. The fourth-order valence-electron chi connectivity index (χ4n) is 4.48. The van der Waals surface area contributed by atoms with Crippen LogP contribution in [0, 0.1) is 6.92 Å². The third-order valence-electron chi connectivity index (χ3n) is 6.77. The largest absolute Gasteiger partial charge is 0.507 e. The predicted molar refractivity (Wildman–Crippen MR) is 159 cm³/mol. The van der Waals surface area contributed by atoms with Crippen LogP contribution in [-0.4, -0.2) is 41.0 Å². The van der Waals surface area contributed by atoms with Crippen molar-refractivity contribution in [1.82, 2.24) is 4.98 Å². The zero-order valence-corrected chi connectivity index (χ0v) is 24.5. The van der Waals surface area contributed by atoms with Crippen molar-refractivity contribution in [3.63, 3.8) is 0 Å². The number of ketones is 1. The van der Waals surface area contributed by atoms with E-state index in [9.17, 15) is 19.5 Å². The fraction of sp³-hybridized carbons (Fsp3) is 0.312. The summed E-state index contributed by atoms with van der Waals surface area (Å²) in [6.45, 7) is 12.0. The quantitative estimate of drug-likeness (QED) is 0.0676. The van der Waals surface area contributed by atoms with E-state index in [0.29, 0.717) is 29.2 Å². The van der Waals surface area contributed by atoms with Crippen LogP contribution in [0.1, 0.15) is 77.6 Å². The third kappa shape index (κ3) is 6.25. The van der Waals surface area contributed by atoms with Gasteiger partial charge in [0.2, 0.25) is 0 Å². The van der Waals surface area contributed by atoms with Gasteiger partial charge >= 0.3 is 11.9 Å². The predicted octanol–water partition coefficient (Wildman–Crippen LogP) is 6.72. The van der Waals surface area contributed by atoms with Gasteiger partial charge in [-0.1, -0.05) is 75.4 Å². The van der Waals surface area contributed by atoms with E-state index in [2.05, 4.69) is 32.3 Å². The Morgan fingerprint density at radius 3 is 2.44 bits per heavy atom. The molecule has 0 spiro atoms. The highest BCUT2D eigenvalue weighted by Gasteiger charge is 2.48. The lowest BCUT2D eigenvalue weighted by atomic mass is 9.93. The minimum absolute atomic E-state index is 0.0284. The first-order valence-corrected chi connectivity index (χ1v) is 14.4. The Balaban J connectivity index is 1.81. The molecule has 1 atom stereocenters. The number of aliphatic hydroxyl groups is 1. The van der Waals surface area contributed by atoms with Gasteiger partial charge < -0.3 is 14.6 Å². The summed E-state index contributed by atoms with van der Waals surface area (Å²) in [5.41, 5.74) is 2.39. The molecule has 1 saturated heterocycles. The van der Waals surface area contributed by atoms with E-state index in [4.69, 9.17) is 9.47 Å². The average Bonchev–Trinajstić information content (AvgIpc) is 3.48. The molecule has 8 nitrogen and oxygen atoms in total. The molecule has 3 aromatic rings. The number of nitrogens with zero attached hydrogens (tertiary/aromatic N) is 2. The van der Waals surface area contributed by atoms with E-state index >= 15 is 0 Å². The van der Waals surface area contributed by atoms with Gasteiger partial charge in [-0.15, -0.1) is 0 Å². The number of esters is 1. The van der Waals surface area contributed by atoms with Gasteiger partial charge in [-0.25, -0.2) is 9.78 Å². The Morgan fingerprint density at radius 1 is 1.15 bits per heavy atom. The monoisotopic (exact) mass is 574 g/mol. The standard InChI is InChI=1S/C32H34N2O6S/c1-6-8-18-39-24-15-13-23(14-16-24)27(35)25-26(22-11-9-21(10-12-22)19(3)4)34(30(37)28(25)36)32-33-20(5)29(41-32)31(38)40-17-7-2/h7,9-16,19,26,35H,2,6,8,17-18H2,1,3-5H3/t26-/m1/s1. The Morgan fingerprint density at radius 2 is 1.83 bits per heavy atom. The second-order valence-electron chi connectivity index (χ2n) is 10.0. The number of thiazole rings is 1. The van der Waals surface area contributed by atoms with Crippen molar-refractivity contribution in [2.45, 2.75) is 52.5 Å². The second kappa shape index (κ2) is 13.0. The topological polar surface area (TPSA) is 106 Å². The van der Waals surface area contributed by atoms with Crippen LogP contribution in [0.15, 0.2) is 66.8 Å². The Bertz CT molecular complexity index is 1470. The lowest BCUT2D eigenvalue weighted by Gasteiger charge is -2.23. The molecule has 9 heteroatoms. The Hall–Kier alpha value is -4.24. The maximum Gasteiger partial charge on any atom is 0.350 e. The van der Waals surface area contributed by atoms with E-state index in [-0.39, 0.29) is 33.9 Å². The summed E-state index contributed by atoms with van der Waals surface area (Å²) in [5.74, 6) is -1.66. The number of hydrogen-bond acceptors (Lipinski definition) is 8. The smallest absolute Gasteiger partial charge is 0.350 e. The zero-order valence-electron chi connectivity index (χ0n) is 23.7. The van der Waals surface area contributed by atoms with Crippen molar-refractivity contribution in [2.75, 3.05) is 18.1 Å². The van der Waals surface area contributed by atoms with Gasteiger partial charge in [0.1, 0.15) is 23.0 Å². The Kier molecular flexibility index (Phi) is 9.39. The molecule has 0 radical (unpaired) electrons. The minimum atomic E-state index is -0.959. The number of carbonyl (C=O) groups excluding carboxylic acids is 3. The molecule has 214 valence electrons. The van der Waals surface area contributed by atoms with Crippen LogP contribution >= 0.6 is 11.3 Å². The van der Waals surface area contributed by atoms with E-state index in [1.807, 2.05) is 24.3 Å². The van der Waals surface area contributed by atoms with E-state index in [0.717, 1.165) is 29.7 Å². The van der Waals surface area contributed by atoms with Gasteiger partial charge in [0, 0.05) is 5.56 Å². The molecule has 0 bridgehead atoms. The van der Waals surface area contributed by atoms with Crippen LogP contribution in [0.5, 0.6) is 5.75 Å². The van der Waals surface area contributed by atoms with Gasteiger partial charge in [-0.2, -0.15) is 0 Å². The van der Waals surface area contributed by atoms with Crippen molar-refractivity contribution in [2.24, 2.45) is 0 Å². The molecule has 1 aliphatic rings. The van der Waals surface area contributed by atoms with Gasteiger partial charge in [0.25, 0.3) is 5.78 Å². The molecule has 0 unspecified atom stereocenters. The number of Topliss-reactive ketones (excluding diaryl/α,β-unsaturated/α-hetero) is 1. The second-order valence-corrected chi connectivity index (χ2v) is 11.0. The zero-order chi connectivity index (χ0) is 29.7. The molecule has 4 rings (SSSR count). The molecule has 1 fully saturated rings. The number of amides is 1. The van der Waals surface area contributed by atoms with E-state index in [1.54, 1.807) is 31.2 Å².